The lowest BCUT2D eigenvalue weighted by atomic mass is 9.96. The number of hydrogen-bond acceptors (Lipinski definition) is 3. The van der Waals surface area contributed by atoms with Gasteiger partial charge < -0.3 is 20.7 Å². The van der Waals surface area contributed by atoms with E-state index >= 15 is 0 Å². The first-order chi connectivity index (χ1) is 13.1. The van der Waals surface area contributed by atoms with Crippen LogP contribution in [0.25, 0.3) is 0 Å². The van der Waals surface area contributed by atoms with E-state index in [1.807, 2.05) is 31.2 Å². The van der Waals surface area contributed by atoms with Crippen LogP contribution in [-0.2, 0) is 4.79 Å². The zero-order valence-corrected chi connectivity index (χ0v) is 16.6. The Balaban J connectivity index is 1.64. The Bertz CT molecular complexity index is 583. The number of ether oxygens (including phenoxy) is 1. The molecule has 3 amide bonds. The summed E-state index contributed by atoms with van der Waals surface area (Å²) in [4.78, 5) is 24.1. The Morgan fingerprint density at radius 1 is 1.15 bits per heavy atom. The van der Waals surface area contributed by atoms with E-state index in [4.69, 9.17) is 4.74 Å². The summed E-state index contributed by atoms with van der Waals surface area (Å²) in [7, 11) is 1.64. The molecule has 1 saturated carbocycles. The topological polar surface area (TPSA) is 79.5 Å². The van der Waals surface area contributed by atoms with Crippen LogP contribution in [-0.4, -0.2) is 31.6 Å². The van der Waals surface area contributed by atoms with Crippen LogP contribution in [0.2, 0.25) is 0 Å². The maximum absolute atomic E-state index is 12.2. The average Bonchev–Trinajstić information content (AvgIpc) is 2.70. The van der Waals surface area contributed by atoms with Crippen molar-refractivity contribution in [3.63, 3.8) is 0 Å². The van der Waals surface area contributed by atoms with Crippen molar-refractivity contribution in [1.29, 1.82) is 0 Å². The van der Waals surface area contributed by atoms with Crippen molar-refractivity contribution in [2.24, 2.45) is 0 Å². The lowest BCUT2D eigenvalue weighted by Crippen LogP contribution is -2.43. The van der Waals surface area contributed by atoms with E-state index in [-0.39, 0.29) is 18.0 Å². The molecule has 1 unspecified atom stereocenters. The van der Waals surface area contributed by atoms with Gasteiger partial charge in [0, 0.05) is 19.0 Å². The highest BCUT2D eigenvalue weighted by Crippen LogP contribution is 2.20. The van der Waals surface area contributed by atoms with Crippen molar-refractivity contribution in [2.75, 3.05) is 13.7 Å². The molecule has 1 atom stereocenters. The third kappa shape index (κ3) is 7.49. The van der Waals surface area contributed by atoms with Crippen molar-refractivity contribution < 1.29 is 14.3 Å². The van der Waals surface area contributed by atoms with Crippen LogP contribution in [0.3, 0.4) is 0 Å². The summed E-state index contributed by atoms with van der Waals surface area (Å²) in [6.07, 6.45) is 7.64. The Kier molecular flexibility index (Phi) is 8.95. The van der Waals surface area contributed by atoms with Gasteiger partial charge in [-0.15, -0.1) is 0 Å². The predicted octanol–water partition coefficient (Wildman–Crippen LogP) is 3.67. The van der Waals surface area contributed by atoms with Gasteiger partial charge in [-0.1, -0.05) is 38.3 Å². The summed E-state index contributed by atoms with van der Waals surface area (Å²) in [5, 5.41) is 8.94. The van der Waals surface area contributed by atoms with Crippen LogP contribution >= 0.6 is 0 Å². The fourth-order valence-corrected chi connectivity index (χ4v) is 3.46. The fraction of sp³-hybridized carbons (Fsp3) is 0.619. The maximum Gasteiger partial charge on any atom is 0.315 e. The second-order valence-electron chi connectivity index (χ2n) is 7.14. The molecule has 150 valence electrons. The zero-order chi connectivity index (χ0) is 19.5. The Hall–Kier alpha value is -2.24. The minimum atomic E-state index is -0.119. The molecule has 2 rings (SSSR count). The van der Waals surface area contributed by atoms with Crippen LogP contribution in [0.1, 0.15) is 69.9 Å². The number of carbonyl (C=O) groups excluding carboxylic acids is 2. The predicted molar refractivity (Wildman–Crippen MR) is 107 cm³/mol. The summed E-state index contributed by atoms with van der Waals surface area (Å²) in [5.41, 5.74) is 1.07. The maximum atomic E-state index is 12.2. The van der Waals surface area contributed by atoms with E-state index in [9.17, 15) is 9.59 Å². The number of hydrogen-bond donors (Lipinski definition) is 3. The Morgan fingerprint density at radius 2 is 1.85 bits per heavy atom. The van der Waals surface area contributed by atoms with E-state index in [1.165, 1.54) is 19.3 Å². The summed E-state index contributed by atoms with van der Waals surface area (Å²) in [6, 6.07) is 7.93. The number of methoxy groups -OCH3 is 1. The van der Waals surface area contributed by atoms with Gasteiger partial charge in [-0.25, -0.2) is 4.79 Å². The minimum absolute atomic E-state index is 0.00663. The smallest absolute Gasteiger partial charge is 0.315 e. The van der Waals surface area contributed by atoms with Gasteiger partial charge in [0.2, 0.25) is 5.91 Å². The van der Waals surface area contributed by atoms with Crippen LogP contribution in [0, 0.1) is 0 Å². The molecular formula is C21H33N3O3. The highest BCUT2D eigenvalue weighted by molar-refractivity contribution is 5.77. The number of benzene rings is 1. The van der Waals surface area contributed by atoms with E-state index < -0.39 is 0 Å². The second kappa shape index (κ2) is 11.5. The largest absolute Gasteiger partial charge is 0.497 e. The lowest BCUT2D eigenvalue weighted by molar-refractivity contribution is -0.121. The lowest BCUT2D eigenvalue weighted by Gasteiger charge is -2.22. The molecule has 0 aliphatic heterocycles. The van der Waals surface area contributed by atoms with E-state index in [1.54, 1.807) is 7.11 Å². The van der Waals surface area contributed by atoms with Gasteiger partial charge in [-0.2, -0.15) is 0 Å². The fourth-order valence-electron chi connectivity index (χ4n) is 3.46. The number of urea groups is 1. The van der Waals surface area contributed by atoms with Crippen molar-refractivity contribution in [3.05, 3.63) is 29.8 Å². The van der Waals surface area contributed by atoms with Crippen LogP contribution < -0.4 is 20.7 Å². The number of amides is 3. The monoisotopic (exact) mass is 375 g/mol. The quantitative estimate of drug-likeness (QED) is 0.576. The van der Waals surface area contributed by atoms with Crippen molar-refractivity contribution >= 4 is 11.9 Å². The summed E-state index contributed by atoms with van der Waals surface area (Å²) < 4.78 is 5.17. The molecule has 1 fully saturated rings. The van der Waals surface area contributed by atoms with Gasteiger partial charge in [0.25, 0.3) is 0 Å². The average molecular weight is 376 g/mol. The summed E-state index contributed by atoms with van der Waals surface area (Å²) in [5.74, 6) is 0.810. The number of carbonyl (C=O) groups is 2. The number of rotatable bonds is 9. The molecule has 0 radical (unpaired) electrons. The third-order valence-corrected chi connectivity index (χ3v) is 5.07. The SMILES string of the molecule is CCC(NC(=O)CCCNC(=O)NC1CCCCC1)c1ccc(OC)cc1. The summed E-state index contributed by atoms with van der Waals surface area (Å²) >= 11 is 0. The molecule has 27 heavy (non-hydrogen) atoms. The highest BCUT2D eigenvalue weighted by atomic mass is 16.5. The Labute approximate surface area is 162 Å². The molecular weight excluding hydrogens is 342 g/mol. The third-order valence-electron chi connectivity index (χ3n) is 5.07. The molecule has 0 bridgehead atoms. The van der Waals surface area contributed by atoms with Gasteiger partial charge in [0.1, 0.15) is 5.75 Å². The standard InChI is InChI=1S/C21H33N3O3/c1-3-19(16-11-13-18(27-2)14-12-16)24-20(25)10-7-15-22-21(26)23-17-8-5-4-6-9-17/h11-14,17,19H,3-10,15H2,1-2H3,(H,24,25)(H2,22,23,26). The molecule has 1 aromatic carbocycles. The van der Waals surface area contributed by atoms with E-state index in [0.717, 1.165) is 30.6 Å². The molecule has 0 saturated heterocycles. The van der Waals surface area contributed by atoms with Gasteiger partial charge in [0.15, 0.2) is 0 Å². The molecule has 6 nitrogen and oxygen atoms in total. The van der Waals surface area contributed by atoms with Crippen molar-refractivity contribution in [3.8, 4) is 5.75 Å². The molecule has 0 aromatic heterocycles. The molecule has 3 N–H and O–H groups in total. The second-order valence-corrected chi connectivity index (χ2v) is 7.14. The van der Waals surface area contributed by atoms with Crippen LogP contribution in [0.5, 0.6) is 5.75 Å². The molecule has 6 heteroatoms. The van der Waals surface area contributed by atoms with Gasteiger partial charge >= 0.3 is 6.03 Å². The zero-order valence-electron chi connectivity index (χ0n) is 16.6. The van der Waals surface area contributed by atoms with Gasteiger partial charge in [0.05, 0.1) is 13.2 Å². The van der Waals surface area contributed by atoms with Crippen LogP contribution in [0.4, 0.5) is 4.79 Å². The van der Waals surface area contributed by atoms with Gasteiger partial charge in [-0.05, 0) is 43.4 Å². The van der Waals surface area contributed by atoms with Gasteiger partial charge in [-0.3, -0.25) is 4.79 Å². The van der Waals surface area contributed by atoms with Crippen molar-refractivity contribution in [1.82, 2.24) is 16.0 Å². The highest BCUT2D eigenvalue weighted by Gasteiger charge is 2.16. The Morgan fingerprint density at radius 3 is 2.48 bits per heavy atom. The molecule has 1 aliphatic rings. The molecule has 0 heterocycles. The number of nitrogens with one attached hydrogen (secondary N) is 3. The first-order valence-corrected chi connectivity index (χ1v) is 10.1. The van der Waals surface area contributed by atoms with Crippen molar-refractivity contribution in [2.45, 2.75) is 70.4 Å². The molecule has 1 aromatic rings. The minimum Gasteiger partial charge on any atom is -0.497 e. The molecule has 0 spiro atoms. The van der Waals surface area contributed by atoms with Crippen LogP contribution in [0.15, 0.2) is 24.3 Å². The van der Waals surface area contributed by atoms with E-state index in [2.05, 4.69) is 16.0 Å². The molecule has 1 aliphatic carbocycles. The first-order valence-electron chi connectivity index (χ1n) is 10.1. The summed E-state index contributed by atoms with van der Waals surface area (Å²) in [6.45, 7) is 2.55. The normalized spacial score (nSPS) is 15.6. The first kappa shape index (κ1) is 21.1. The van der Waals surface area contributed by atoms with E-state index in [0.29, 0.717) is 25.4 Å².